The lowest BCUT2D eigenvalue weighted by atomic mass is 10.1. The van der Waals surface area contributed by atoms with E-state index in [9.17, 15) is 13.6 Å². The lowest BCUT2D eigenvalue weighted by Crippen LogP contribution is -2.25. The lowest BCUT2D eigenvalue weighted by Gasteiger charge is -2.07. The summed E-state index contributed by atoms with van der Waals surface area (Å²) in [5.74, 6) is -0.263. The first-order valence-corrected chi connectivity index (χ1v) is 7.10. The molecule has 0 saturated heterocycles. The van der Waals surface area contributed by atoms with Crippen LogP contribution >= 0.6 is 0 Å². The minimum Gasteiger partial charge on any atom is -0.435 e. The fourth-order valence-corrected chi connectivity index (χ4v) is 2.02. The number of aliphatic hydroxyl groups excluding tert-OH is 1. The van der Waals surface area contributed by atoms with E-state index >= 15 is 0 Å². The van der Waals surface area contributed by atoms with Crippen LogP contribution in [0.15, 0.2) is 48.5 Å². The number of rotatable bonds is 7. The Morgan fingerprint density at radius 3 is 2.22 bits per heavy atom. The van der Waals surface area contributed by atoms with Gasteiger partial charge in [0.1, 0.15) is 5.75 Å². The van der Waals surface area contributed by atoms with Gasteiger partial charge in [0.15, 0.2) is 0 Å². The average molecular weight is 321 g/mol. The summed E-state index contributed by atoms with van der Waals surface area (Å²) in [4.78, 5) is 11.9. The minimum absolute atomic E-state index is 0.00227. The molecule has 0 saturated carbocycles. The summed E-state index contributed by atoms with van der Waals surface area (Å²) in [5, 5.41) is 11.7. The summed E-state index contributed by atoms with van der Waals surface area (Å²) in [6, 6.07) is 13.0. The van der Waals surface area contributed by atoms with Crippen molar-refractivity contribution in [2.24, 2.45) is 0 Å². The largest absolute Gasteiger partial charge is 0.435 e. The van der Waals surface area contributed by atoms with Gasteiger partial charge in [-0.15, -0.1) is 0 Å². The van der Waals surface area contributed by atoms with E-state index in [0.717, 1.165) is 11.1 Å². The molecule has 0 aromatic heterocycles. The summed E-state index contributed by atoms with van der Waals surface area (Å²) in [6.07, 6.45) is 0.657. The van der Waals surface area contributed by atoms with Crippen molar-refractivity contribution in [2.45, 2.75) is 19.6 Å². The molecule has 0 atom stereocenters. The van der Waals surface area contributed by atoms with E-state index in [1.807, 2.05) is 24.3 Å². The monoisotopic (exact) mass is 321 g/mol. The average Bonchev–Trinajstić information content (AvgIpc) is 2.55. The molecule has 2 aromatic rings. The van der Waals surface area contributed by atoms with E-state index in [4.69, 9.17) is 5.11 Å². The minimum atomic E-state index is -2.88. The molecule has 0 unspecified atom stereocenters. The highest BCUT2D eigenvalue weighted by atomic mass is 19.3. The van der Waals surface area contributed by atoms with Crippen LogP contribution in [0.1, 0.15) is 21.5 Å². The number of carbonyl (C=O) groups is 1. The highest BCUT2D eigenvalue weighted by Gasteiger charge is 2.07. The maximum absolute atomic E-state index is 12.0. The van der Waals surface area contributed by atoms with Crippen LogP contribution in [0.3, 0.4) is 0 Å². The predicted octanol–water partition coefficient (Wildman–Crippen LogP) is 2.75. The maximum atomic E-state index is 12.0. The number of aliphatic hydroxyl groups is 1. The van der Waals surface area contributed by atoms with Gasteiger partial charge in [-0.3, -0.25) is 4.79 Å². The Balaban J connectivity index is 1.81. The van der Waals surface area contributed by atoms with Crippen LogP contribution in [0.2, 0.25) is 0 Å². The predicted molar refractivity (Wildman–Crippen MR) is 81.5 cm³/mol. The van der Waals surface area contributed by atoms with Crippen molar-refractivity contribution in [3.05, 3.63) is 65.2 Å². The zero-order valence-corrected chi connectivity index (χ0v) is 12.3. The third-order valence-corrected chi connectivity index (χ3v) is 3.25. The number of halogens is 2. The van der Waals surface area contributed by atoms with Crippen molar-refractivity contribution in [2.75, 3.05) is 6.54 Å². The number of benzene rings is 2. The molecule has 0 aliphatic heterocycles. The first kappa shape index (κ1) is 16.9. The Morgan fingerprint density at radius 1 is 1.04 bits per heavy atom. The summed E-state index contributed by atoms with van der Waals surface area (Å²) in [7, 11) is 0. The molecule has 0 fully saturated rings. The van der Waals surface area contributed by atoms with Gasteiger partial charge < -0.3 is 15.2 Å². The number of nitrogens with one attached hydrogen (secondary N) is 1. The smallest absolute Gasteiger partial charge is 0.387 e. The van der Waals surface area contributed by atoms with E-state index in [1.165, 1.54) is 24.3 Å². The zero-order chi connectivity index (χ0) is 16.7. The van der Waals surface area contributed by atoms with Crippen LogP contribution in [-0.4, -0.2) is 24.2 Å². The quantitative estimate of drug-likeness (QED) is 0.824. The van der Waals surface area contributed by atoms with Crippen molar-refractivity contribution in [3.8, 4) is 5.75 Å². The van der Waals surface area contributed by atoms with Crippen LogP contribution in [0.4, 0.5) is 8.78 Å². The number of alkyl halides is 2. The van der Waals surface area contributed by atoms with E-state index in [1.54, 1.807) is 0 Å². The Labute approximate surface area is 132 Å². The van der Waals surface area contributed by atoms with Crippen molar-refractivity contribution >= 4 is 5.91 Å². The normalized spacial score (nSPS) is 10.6. The Morgan fingerprint density at radius 2 is 1.65 bits per heavy atom. The number of hydrogen-bond acceptors (Lipinski definition) is 3. The number of amides is 1. The Bertz CT molecular complexity index is 627. The summed E-state index contributed by atoms with van der Waals surface area (Å²) < 4.78 is 28.3. The molecular formula is C17H17F2NO3. The molecule has 0 aliphatic carbocycles. The summed E-state index contributed by atoms with van der Waals surface area (Å²) in [5.41, 5.74) is 2.26. The molecule has 0 radical (unpaired) electrons. The SMILES string of the molecule is O=C(NCCc1ccc(CO)cc1)c1ccc(OC(F)F)cc1. The Hall–Kier alpha value is -2.47. The highest BCUT2D eigenvalue weighted by molar-refractivity contribution is 5.94. The van der Waals surface area contributed by atoms with Gasteiger partial charge in [-0.2, -0.15) is 8.78 Å². The molecule has 0 bridgehead atoms. The van der Waals surface area contributed by atoms with Gasteiger partial charge in [-0.1, -0.05) is 24.3 Å². The number of hydrogen-bond donors (Lipinski definition) is 2. The second kappa shape index (κ2) is 8.24. The Kier molecular flexibility index (Phi) is 6.05. The van der Waals surface area contributed by atoms with E-state index in [0.29, 0.717) is 18.5 Å². The molecule has 2 rings (SSSR count). The van der Waals surface area contributed by atoms with Crippen molar-refractivity contribution in [1.82, 2.24) is 5.32 Å². The van der Waals surface area contributed by atoms with Gasteiger partial charge >= 0.3 is 6.61 Å². The molecule has 6 heteroatoms. The molecule has 0 spiro atoms. The highest BCUT2D eigenvalue weighted by Crippen LogP contribution is 2.14. The number of ether oxygens (including phenoxy) is 1. The topological polar surface area (TPSA) is 58.6 Å². The first-order chi connectivity index (χ1) is 11.1. The molecule has 1 amide bonds. The molecule has 0 heterocycles. The third kappa shape index (κ3) is 5.34. The van der Waals surface area contributed by atoms with Gasteiger partial charge in [-0.25, -0.2) is 0 Å². The maximum Gasteiger partial charge on any atom is 0.387 e. The lowest BCUT2D eigenvalue weighted by molar-refractivity contribution is -0.0498. The molecule has 23 heavy (non-hydrogen) atoms. The molecule has 0 aliphatic rings. The van der Waals surface area contributed by atoms with E-state index in [-0.39, 0.29) is 18.3 Å². The van der Waals surface area contributed by atoms with Gasteiger partial charge in [0, 0.05) is 12.1 Å². The molecule has 2 N–H and O–H groups in total. The van der Waals surface area contributed by atoms with Gasteiger partial charge in [0.05, 0.1) is 6.61 Å². The van der Waals surface area contributed by atoms with Crippen LogP contribution in [0.25, 0.3) is 0 Å². The van der Waals surface area contributed by atoms with Crippen LogP contribution in [0.5, 0.6) is 5.75 Å². The van der Waals surface area contributed by atoms with Crippen molar-refractivity contribution < 1.29 is 23.4 Å². The number of carbonyl (C=O) groups excluding carboxylic acids is 1. The zero-order valence-electron chi connectivity index (χ0n) is 12.3. The van der Waals surface area contributed by atoms with Gasteiger partial charge in [0.2, 0.25) is 0 Å². The molecule has 2 aromatic carbocycles. The fourth-order valence-electron chi connectivity index (χ4n) is 2.02. The molecule has 4 nitrogen and oxygen atoms in total. The van der Waals surface area contributed by atoms with Crippen LogP contribution in [-0.2, 0) is 13.0 Å². The molecule has 122 valence electrons. The van der Waals surface area contributed by atoms with E-state index < -0.39 is 6.61 Å². The second-order valence-corrected chi connectivity index (χ2v) is 4.88. The van der Waals surface area contributed by atoms with Crippen molar-refractivity contribution in [1.29, 1.82) is 0 Å². The first-order valence-electron chi connectivity index (χ1n) is 7.10. The van der Waals surface area contributed by atoms with Crippen LogP contribution in [0, 0.1) is 0 Å². The molecular weight excluding hydrogens is 304 g/mol. The second-order valence-electron chi connectivity index (χ2n) is 4.88. The van der Waals surface area contributed by atoms with Crippen LogP contribution < -0.4 is 10.1 Å². The summed E-state index contributed by atoms with van der Waals surface area (Å²) >= 11 is 0. The van der Waals surface area contributed by atoms with Crippen molar-refractivity contribution in [3.63, 3.8) is 0 Å². The third-order valence-electron chi connectivity index (χ3n) is 3.25. The fraction of sp³-hybridized carbons (Fsp3) is 0.235. The summed E-state index contributed by atoms with van der Waals surface area (Å²) in [6.45, 7) is -2.43. The van der Waals surface area contributed by atoms with E-state index in [2.05, 4.69) is 10.1 Å². The van der Waals surface area contributed by atoms with Gasteiger partial charge in [-0.05, 0) is 41.8 Å². The standard InChI is InChI=1S/C17H17F2NO3/c18-17(19)23-15-7-5-14(6-8-15)16(22)20-10-9-12-1-3-13(11-21)4-2-12/h1-8,17,21H,9-11H2,(H,20,22). The van der Waals surface area contributed by atoms with Gasteiger partial charge in [0.25, 0.3) is 5.91 Å².